The zero-order valence-electron chi connectivity index (χ0n) is 16.1. The molecule has 7 nitrogen and oxygen atoms in total. The predicted octanol–water partition coefficient (Wildman–Crippen LogP) is 2.30. The van der Waals surface area contributed by atoms with E-state index in [1.807, 2.05) is 30.3 Å². The zero-order chi connectivity index (χ0) is 20.1. The maximum Gasteiger partial charge on any atom is 0.343 e. The Morgan fingerprint density at radius 3 is 2.69 bits per heavy atom. The number of fused-ring (bicyclic) bond motifs is 7. The molecule has 4 atom stereocenters. The molecule has 1 amide bonds. The molecule has 3 aliphatic rings. The molecule has 5 rings (SSSR count). The van der Waals surface area contributed by atoms with Gasteiger partial charge in [0.2, 0.25) is 5.43 Å². The number of ether oxygens (including phenoxy) is 2. The van der Waals surface area contributed by atoms with E-state index in [1.54, 1.807) is 4.57 Å². The molecule has 0 unspecified atom stereocenters. The standard InChI is InChI=1S/C22H22N2O5/c1-28-22(27)15-10-24-17-14-8-7-13(9-14)16(17)23-21(26)18(24)20(19(15)25)29-11-12-5-3-2-4-6-12/h2-6,10,13-14,16-17H,7-9,11H2,1H3,(H,23,26)/t13-,14+,16+,17-/m0/s1. The number of nitrogens with one attached hydrogen (secondary N) is 1. The van der Waals surface area contributed by atoms with Crippen molar-refractivity contribution in [3.8, 4) is 5.75 Å². The van der Waals surface area contributed by atoms with Gasteiger partial charge >= 0.3 is 5.97 Å². The summed E-state index contributed by atoms with van der Waals surface area (Å²) in [5.74, 6) is -0.275. The molecule has 2 heterocycles. The van der Waals surface area contributed by atoms with Gasteiger partial charge in [-0.2, -0.15) is 0 Å². The minimum absolute atomic E-state index is 0.0312. The summed E-state index contributed by atoms with van der Waals surface area (Å²) in [5, 5.41) is 3.10. The number of pyridine rings is 1. The van der Waals surface area contributed by atoms with Gasteiger partial charge in [-0.05, 0) is 36.7 Å². The number of hydrogen-bond acceptors (Lipinski definition) is 5. The number of aromatic nitrogens is 1. The third kappa shape index (κ3) is 2.75. The highest BCUT2D eigenvalue weighted by molar-refractivity contribution is 5.98. The number of rotatable bonds is 4. The van der Waals surface area contributed by atoms with Crippen LogP contribution in [0.4, 0.5) is 0 Å². The van der Waals surface area contributed by atoms with Gasteiger partial charge in [0, 0.05) is 6.20 Å². The number of methoxy groups -OCH3 is 1. The summed E-state index contributed by atoms with van der Waals surface area (Å²) in [7, 11) is 1.24. The first kappa shape index (κ1) is 18.0. The third-order valence-electron chi connectivity index (χ3n) is 6.53. The average molecular weight is 394 g/mol. The minimum Gasteiger partial charge on any atom is -0.483 e. The number of carbonyl (C=O) groups excluding carboxylic acids is 2. The highest BCUT2D eigenvalue weighted by atomic mass is 16.5. The van der Waals surface area contributed by atoms with Crippen molar-refractivity contribution < 1.29 is 19.1 Å². The fraction of sp³-hybridized carbons (Fsp3) is 0.409. The minimum atomic E-state index is -0.722. The molecule has 0 saturated heterocycles. The van der Waals surface area contributed by atoms with Crippen LogP contribution < -0.4 is 15.5 Å². The Hall–Kier alpha value is -3.09. The number of benzene rings is 1. The van der Waals surface area contributed by atoms with E-state index in [2.05, 4.69) is 5.32 Å². The molecule has 1 N–H and O–H groups in total. The van der Waals surface area contributed by atoms with E-state index in [1.165, 1.54) is 13.3 Å². The van der Waals surface area contributed by atoms with Gasteiger partial charge in [0.15, 0.2) is 11.4 Å². The van der Waals surface area contributed by atoms with E-state index in [-0.39, 0.29) is 41.6 Å². The Bertz CT molecular complexity index is 1050. The van der Waals surface area contributed by atoms with E-state index in [0.717, 1.165) is 24.8 Å². The number of carbonyl (C=O) groups is 2. The molecule has 2 aliphatic carbocycles. The molecular formula is C22H22N2O5. The van der Waals surface area contributed by atoms with E-state index in [9.17, 15) is 14.4 Å². The molecule has 2 fully saturated rings. The van der Waals surface area contributed by atoms with Crippen molar-refractivity contribution in [3.63, 3.8) is 0 Å². The van der Waals surface area contributed by atoms with Crippen LogP contribution in [0.3, 0.4) is 0 Å². The van der Waals surface area contributed by atoms with Crippen molar-refractivity contribution in [2.24, 2.45) is 11.8 Å². The Labute approximate surface area is 167 Å². The summed E-state index contributed by atoms with van der Waals surface area (Å²) in [5.41, 5.74) is 0.349. The molecule has 0 radical (unpaired) electrons. The van der Waals surface area contributed by atoms with Crippen LogP contribution in [0.15, 0.2) is 41.3 Å². The molecule has 1 aromatic carbocycles. The van der Waals surface area contributed by atoms with Crippen molar-refractivity contribution in [1.82, 2.24) is 9.88 Å². The fourth-order valence-electron chi connectivity index (χ4n) is 5.27. The SMILES string of the molecule is COC(=O)c1cn2c(c(OCc3ccccc3)c1=O)C(=O)N[C@@H]1[C@H]3CC[C@H](C3)[C@@H]12. The Morgan fingerprint density at radius 1 is 1.17 bits per heavy atom. The van der Waals surface area contributed by atoms with Crippen LogP contribution in [-0.4, -0.2) is 29.6 Å². The highest BCUT2D eigenvalue weighted by Crippen LogP contribution is 2.52. The van der Waals surface area contributed by atoms with Crippen molar-refractivity contribution in [2.45, 2.75) is 38.0 Å². The first-order chi connectivity index (χ1) is 14.1. The van der Waals surface area contributed by atoms with Crippen LogP contribution >= 0.6 is 0 Å². The number of esters is 1. The topological polar surface area (TPSA) is 86.6 Å². The van der Waals surface area contributed by atoms with Crippen LogP contribution in [0.1, 0.15) is 51.7 Å². The summed E-state index contributed by atoms with van der Waals surface area (Å²) >= 11 is 0. The monoisotopic (exact) mass is 394 g/mol. The molecule has 1 aliphatic heterocycles. The number of nitrogens with zero attached hydrogens (tertiary/aromatic N) is 1. The first-order valence-corrected chi connectivity index (χ1v) is 9.93. The van der Waals surface area contributed by atoms with Crippen molar-refractivity contribution >= 4 is 11.9 Å². The Morgan fingerprint density at radius 2 is 1.93 bits per heavy atom. The van der Waals surface area contributed by atoms with Gasteiger partial charge in [0.05, 0.1) is 19.2 Å². The van der Waals surface area contributed by atoms with Crippen LogP contribution in [-0.2, 0) is 11.3 Å². The second-order valence-electron chi connectivity index (χ2n) is 8.05. The Balaban J connectivity index is 1.63. The number of amides is 1. The predicted molar refractivity (Wildman–Crippen MR) is 104 cm³/mol. The van der Waals surface area contributed by atoms with Gasteiger partial charge < -0.3 is 19.4 Å². The molecule has 0 spiro atoms. The van der Waals surface area contributed by atoms with E-state index in [4.69, 9.17) is 9.47 Å². The fourth-order valence-corrected chi connectivity index (χ4v) is 5.27. The molecule has 1 aromatic heterocycles. The summed E-state index contributed by atoms with van der Waals surface area (Å²) < 4.78 is 12.5. The molecule has 150 valence electrons. The van der Waals surface area contributed by atoms with Crippen LogP contribution in [0.5, 0.6) is 5.75 Å². The van der Waals surface area contributed by atoms with Gasteiger partial charge in [-0.25, -0.2) is 4.79 Å². The van der Waals surface area contributed by atoms with Gasteiger partial charge in [-0.15, -0.1) is 0 Å². The lowest BCUT2D eigenvalue weighted by Gasteiger charge is -2.39. The lowest BCUT2D eigenvalue weighted by Crippen LogP contribution is -2.51. The maximum atomic E-state index is 13.0. The summed E-state index contributed by atoms with van der Waals surface area (Å²) in [6.45, 7) is 0.126. The molecule has 2 saturated carbocycles. The molecule has 29 heavy (non-hydrogen) atoms. The van der Waals surface area contributed by atoms with Gasteiger partial charge in [0.1, 0.15) is 12.2 Å². The normalized spacial score (nSPS) is 26.4. The van der Waals surface area contributed by atoms with Crippen LogP contribution in [0, 0.1) is 11.8 Å². The summed E-state index contributed by atoms with van der Waals surface area (Å²) in [6.07, 6.45) is 4.73. The number of hydrogen-bond donors (Lipinski definition) is 1. The zero-order valence-corrected chi connectivity index (χ0v) is 16.1. The second kappa shape index (κ2) is 6.76. The van der Waals surface area contributed by atoms with Gasteiger partial charge in [0.25, 0.3) is 5.91 Å². The van der Waals surface area contributed by atoms with Crippen molar-refractivity contribution in [1.29, 1.82) is 0 Å². The first-order valence-electron chi connectivity index (χ1n) is 9.93. The maximum absolute atomic E-state index is 13.0. The smallest absolute Gasteiger partial charge is 0.343 e. The van der Waals surface area contributed by atoms with Crippen LogP contribution in [0.2, 0.25) is 0 Å². The van der Waals surface area contributed by atoms with Gasteiger partial charge in [-0.3, -0.25) is 9.59 Å². The van der Waals surface area contributed by atoms with E-state index < -0.39 is 11.4 Å². The highest BCUT2D eigenvalue weighted by Gasteiger charge is 2.52. The second-order valence-corrected chi connectivity index (χ2v) is 8.05. The lowest BCUT2D eigenvalue weighted by atomic mass is 9.87. The van der Waals surface area contributed by atoms with E-state index >= 15 is 0 Å². The van der Waals surface area contributed by atoms with Gasteiger partial charge in [-0.1, -0.05) is 30.3 Å². The molecule has 2 bridgehead atoms. The summed E-state index contributed by atoms with van der Waals surface area (Å²) in [4.78, 5) is 38.3. The third-order valence-corrected chi connectivity index (χ3v) is 6.53. The molecule has 7 heteroatoms. The Kier molecular flexibility index (Phi) is 4.19. The average Bonchev–Trinajstić information content (AvgIpc) is 3.35. The van der Waals surface area contributed by atoms with E-state index in [0.29, 0.717) is 11.8 Å². The van der Waals surface area contributed by atoms with Crippen LogP contribution in [0.25, 0.3) is 0 Å². The summed E-state index contributed by atoms with van der Waals surface area (Å²) in [6, 6.07) is 9.45. The van der Waals surface area contributed by atoms with Crippen molar-refractivity contribution in [2.75, 3.05) is 7.11 Å². The quantitative estimate of drug-likeness (QED) is 0.804. The largest absolute Gasteiger partial charge is 0.483 e. The molecular weight excluding hydrogens is 372 g/mol. The van der Waals surface area contributed by atoms with Crippen molar-refractivity contribution in [3.05, 3.63) is 63.6 Å². The molecule has 2 aromatic rings. The lowest BCUT2D eigenvalue weighted by molar-refractivity contribution is 0.0593.